The predicted molar refractivity (Wildman–Crippen MR) is 108 cm³/mol. The van der Waals surface area contributed by atoms with Gasteiger partial charge in [-0.15, -0.1) is 0 Å². The fourth-order valence-electron chi connectivity index (χ4n) is 0. The number of hydrogen-bond acceptors (Lipinski definition) is 5. The third-order valence-corrected chi connectivity index (χ3v) is 0. The van der Waals surface area contributed by atoms with Gasteiger partial charge >= 0.3 is 0 Å². The predicted octanol–water partition coefficient (Wildman–Crippen LogP) is 4.19. The summed E-state index contributed by atoms with van der Waals surface area (Å²) in [7, 11) is -3.28. The van der Waals surface area contributed by atoms with Crippen LogP contribution >= 0.6 is 12.2 Å². The molecule has 0 bridgehead atoms. The van der Waals surface area contributed by atoms with Gasteiger partial charge in [0.15, 0.2) is 0 Å². The van der Waals surface area contributed by atoms with Crippen LogP contribution in [0.5, 0.6) is 0 Å². The minimum atomic E-state index is -2.67. The van der Waals surface area contributed by atoms with E-state index >= 15 is 0 Å². The van der Waals surface area contributed by atoms with Gasteiger partial charge in [-0.1, -0.05) is 41.9 Å². The highest BCUT2D eigenvalue weighted by Crippen LogP contribution is 1.62. The summed E-state index contributed by atoms with van der Waals surface area (Å²) < 4.78 is 28.8. The standard InChI is InChI=1S/C3H6O.C3H6S.C2H6O2S.C2H6OS.4CH4/c2*1-3(2)4;1-5(2,3)4;1-4(2)3;;;;/h2*1-2H3;1-2H3;1-2H3;4*1H4. The molecular formula is C14H40O4S3. The Morgan fingerprint density at radius 3 is 0.857 bits per heavy atom. The van der Waals surface area contributed by atoms with Gasteiger partial charge in [-0.2, -0.15) is 0 Å². The molecule has 0 rings (SSSR count). The Morgan fingerprint density at radius 1 is 0.857 bits per heavy atom. The third kappa shape index (κ3) is 323000. The SMILES string of the molecule is C.C.C.C.CC(C)=O.CC(C)=S.CS(C)(=O)=O.CS(C)=O. The maximum Gasteiger partial charge on any atom is 0.144 e. The third-order valence-electron chi connectivity index (χ3n) is 0. The highest BCUT2D eigenvalue weighted by atomic mass is 32.2. The maximum atomic E-state index is 9.63. The molecule has 0 radical (unpaired) electrons. The second-order valence-electron chi connectivity index (χ2n) is 3.70. The smallest absolute Gasteiger partial charge is 0.144 e. The van der Waals surface area contributed by atoms with E-state index in [-0.39, 0.29) is 35.5 Å². The van der Waals surface area contributed by atoms with Crippen LogP contribution in [0.25, 0.3) is 0 Å². The van der Waals surface area contributed by atoms with E-state index in [4.69, 9.17) is 0 Å². The van der Waals surface area contributed by atoms with E-state index in [2.05, 4.69) is 12.2 Å². The molecule has 0 saturated heterocycles. The topological polar surface area (TPSA) is 68.3 Å². The first kappa shape index (κ1) is 49.7. The van der Waals surface area contributed by atoms with Gasteiger partial charge in [0.05, 0.1) is 0 Å². The zero-order valence-electron chi connectivity index (χ0n) is 11.9. The molecule has 0 aliphatic carbocycles. The molecule has 0 atom stereocenters. The molecular weight excluding hydrogens is 328 g/mol. The number of rotatable bonds is 0. The first-order valence-electron chi connectivity index (χ1n) is 4.54. The monoisotopic (exact) mass is 368 g/mol. The molecule has 0 unspecified atom stereocenters. The van der Waals surface area contributed by atoms with E-state index in [1.165, 1.54) is 13.8 Å². The first-order chi connectivity index (χ1) is 7.20. The van der Waals surface area contributed by atoms with Crippen molar-refractivity contribution in [3.05, 3.63) is 0 Å². The average molecular weight is 369 g/mol. The number of Topliss-reactive ketones (excluding diaryl/α,β-unsaturated/α-hetero) is 1. The summed E-state index contributed by atoms with van der Waals surface area (Å²) in [5.41, 5.74) is 0. The molecule has 0 aliphatic heterocycles. The molecule has 21 heavy (non-hydrogen) atoms. The molecule has 0 heterocycles. The molecule has 4 nitrogen and oxygen atoms in total. The molecule has 0 aromatic carbocycles. The van der Waals surface area contributed by atoms with Gasteiger partial charge in [-0.05, 0) is 32.6 Å². The molecule has 0 aromatic rings. The number of carbonyl (C=O) groups is 1. The molecule has 7 heteroatoms. The summed E-state index contributed by atoms with van der Waals surface area (Å²) in [6.07, 6.45) is 5.60. The fourth-order valence-corrected chi connectivity index (χ4v) is 0. The van der Waals surface area contributed by atoms with Gasteiger partial charge in [0.2, 0.25) is 0 Å². The maximum absolute atomic E-state index is 9.63. The Balaban J connectivity index is -0.0000000169. The molecule has 0 fully saturated rings. The Bertz CT molecular complexity index is 273. The van der Waals surface area contributed by atoms with E-state index < -0.39 is 20.6 Å². The van der Waals surface area contributed by atoms with Gasteiger partial charge in [0.25, 0.3) is 0 Å². The number of thiocarbonyl (C=S) groups is 1. The van der Waals surface area contributed by atoms with Crippen molar-refractivity contribution in [1.82, 2.24) is 0 Å². The summed E-state index contributed by atoms with van der Waals surface area (Å²) in [4.78, 5) is 10.4. The van der Waals surface area contributed by atoms with Crippen LogP contribution in [0.4, 0.5) is 0 Å². The van der Waals surface area contributed by atoms with Gasteiger partial charge in [-0.3, -0.25) is 4.21 Å². The Labute approximate surface area is 143 Å². The van der Waals surface area contributed by atoms with Crippen molar-refractivity contribution in [2.24, 2.45) is 0 Å². The van der Waals surface area contributed by atoms with E-state index in [0.717, 1.165) is 17.4 Å². The van der Waals surface area contributed by atoms with Crippen molar-refractivity contribution in [1.29, 1.82) is 0 Å². The van der Waals surface area contributed by atoms with Crippen molar-refractivity contribution in [3.63, 3.8) is 0 Å². The summed E-state index contributed by atoms with van der Waals surface area (Å²) in [6, 6.07) is 0. The number of ketones is 1. The van der Waals surface area contributed by atoms with Crippen molar-refractivity contribution >= 4 is 43.5 Å². The molecule has 0 spiro atoms. The lowest BCUT2D eigenvalue weighted by molar-refractivity contribution is -0.114. The van der Waals surface area contributed by atoms with Crippen LogP contribution in [0.2, 0.25) is 0 Å². The molecule has 0 N–H and O–H groups in total. The lowest BCUT2D eigenvalue weighted by Crippen LogP contribution is -1.86. The van der Waals surface area contributed by atoms with E-state index in [1.54, 1.807) is 12.5 Å². The van der Waals surface area contributed by atoms with Crippen molar-refractivity contribution in [2.45, 2.75) is 57.4 Å². The second-order valence-corrected chi connectivity index (χ2v) is 8.29. The Hall–Kier alpha value is -0.140. The van der Waals surface area contributed by atoms with Crippen molar-refractivity contribution < 1.29 is 17.4 Å². The van der Waals surface area contributed by atoms with Gasteiger partial charge < -0.3 is 4.79 Å². The van der Waals surface area contributed by atoms with Gasteiger partial charge in [-0.25, -0.2) is 8.42 Å². The average Bonchev–Trinajstić information content (AvgIpc) is 1.73. The summed E-state index contributed by atoms with van der Waals surface area (Å²) in [6.45, 7) is 6.85. The quantitative estimate of drug-likeness (QED) is 0.600. The number of carbonyl (C=O) groups excluding carboxylic acids is 1. The Kier molecular flexibility index (Phi) is 75.8. The Morgan fingerprint density at radius 2 is 0.857 bits per heavy atom. The zero-order chi connectivity index (χ0) is 15.2. The molecule has 0 amide bonds. The fraction of sp³-hybridized carbons (Fsp3) is 0.857. The molecule has 0 aliphatic rings. The second kappa shape index (κ2) is 32.0. The minimum absolute atomic E-state index is 0. The van der Waals surface area contributed by atoms with Crippen molar-refractivity contribution in [2.75, 3.05) is 25.0 Å². The van der Waals surface area contributed by atoms with Crippen LogP contribution in [-0.2, 0) is 25.4 Å². The molecule has 0 aromatic heterocycles. The molecule has 138 valence electrons. The van der Waals surface area contributed by atoms with Crippen LogP contribution in [0.3, 0.4) is 0 Å². The van der Waals surface area contributed by atoms with Crippen LogP contribution in [0.1, 0.15) is 57.4 Å². The summed E-state index contributed by atoms with van der Waals surface area (Å²) >= 11 is 4.54. The van der Waals surface area contributed by atoms with E-state index in [0.29, 0.717) is 0 Å². The lowest BCUT2D eigenvalue weighted by atomic mass is 10.6. The van der Waals surface area contributed by atoms with Crippen LogP contribution in [-0.4, -0.2) is 48.3 Å². The van der Waals surface area contributed by atoms with E-state index in [1.807, 2.05) is 13.8 Å². The van der Waals surface area contributed by atoms with E-state index in [9.17, 15) is 17.4 Å². The summed E-state index contributed by atoms with van der Waals surface area (Å²) in [5.74, 6) is 0.167. The highest BCUT2D eigenvalue weighted by Gasteiger charge is 1.79. The number of hydrogen-bond donors (Lipinski definition) is 0. The number of sulfone groups is 1. The van der Waals surface area contributed by atoms with Crippen LogP contribution < -0.4 is 0 Å². The van der Waals surface area contributed by atoms with Gasteiger partial charge in [0.1, 0.15) is 15.6 Å². The first-order valence-corrected chi connectivity index (χ1v) is 9.22. The van der Waals surface area contributed by atoms with Gasteiger partial charge in [0, 0.05) is 35.8 Å². The van der Waals surface area contributed by atoms with Crippen molar-refractivity contribution in [3.8, 4) is 0 Å². The summed E-state index contributed by atoms with van der Waals surface area (Å²) in [5, 5.41) is 0. The molecule has 0 saturated carbocycles. The minimum Gasteiger partial charge on any atom is -0.300 e. The van der Waals surface area contributed by atoms with Crippen LogP contribution in [0, 0.1) is 0 Å². The zero-order valence-corrected chi connectivity index (χ0v) is 14.3. The normalized spacial score (nSPS) is 6.90. The largest absolute Gasteiger partial charge is 0.300 e. The van der Waals surface area contributed by atoms with Crippen LogP contribution in [0.15, 0.2) is 0 Å². The lowest BCUT2D eigenvalue weighted by Gasteiger charge is -1.69. The highest BCUT2D eigenvalue weighted by molar-refractivity contribution is 7.89.